The van der Waals surface area contributed by atoms with Crippen molar-refractivity contribution in [3.8, 4) is 0 Å². The maximum absolute atomic E-state index is 12.9. The fourth-order valence-corrected chi connectivity index (χ4v) is 15.2. The van der Waals surface area contributed by atoms with Crippen molar-refractivity contribution in [2.24, 2.45) is 27.1 Å². The molecule has 137 heavy (non-hydrogen) atoms. The normalized spacial score (nSPS) is 14.0. The lowest BCUT2D eigenvalue weighted by atomic mass is 9.90. The van der Waals surface area contributed by atoms with Crippen LogP contribution in [0.4, 0.5) is 62.0 Å². The van der Waals surface area contributed by atoms with E-state index in [9.17, 15) is 55.1 Å². The van der Waals surface area contributed by atoms with Crippen LogP contribution in [0.15, 0.2) is 79.4 Å². The molecule has 0 saturated heterocycles. The van der Waals surface area contributed by atoms with E-state index in [-0.39, 0.29) is 111 Å². The Balaban J connectivity index is 0.000000170. The number of halogens is 7. The van der Waals surface area contributed by atoms with Crippen molar-refractivity contribution >= 4 is 156 Å². The number of carbonyl (C=O) groups excluding carboxylic acids is 6. The summed E-state index contributed by atoms with van der Waals surface area (Å²) in [7, 11) is 1.60. The summed E-state index contributed by atoms with van der Waals surface area (Å²) >= 11 is 6.02. The maximum atomic E-state index is 12.9. The molecule has 6 N–H and O–H groups in total. The van der Waals surface area contributed by atoms with Gasteiger partial charge in [0, 0.05) is 86.2 Å². The summed E-state index contributed by atoms with van der Waals surface area (Å²) in [5.74, 6) is 1.25. The molecule has 31 nitrogen and oxygen atoms in total. The highest BCUT2D eigenvalue weighted by Crippen LogP contribution is 2.42. The fourth-order valence-electron chi connectivity index (χ4n) is 15.1. The van der Waals surface area contributed by atoms with Crippen LogP contribution in [-0.4, -0.2) is 148 Å². The summed E-state index contributed by atoms with van der Waals surface area (Å²) in [6.07, 6.45) is 6.30. The number of carbonyl (C=O) groups is 6. The molecule has 0 aromatic carbocycles. The van der Waals surface area contributed by atoms with E-state index in [0.29, 0.717) is 89.7 Å². The van der Waals surface area contributed by atoms with E-state index < -0.39 is 37.0 Å². The number of hydrogen-bond acceptors (Lipinski definition) is 19. The Morgan fingerprint density at radius 1 is 0.401 bits per heavy atom. The van der Waals surface area contributed by atoms with Crippen molar-refractivity contribution in [3.63, 3.8) is 0 Å². The van der Waals surface area contributed by atoms with E-state index in [1.165, 1.54) is 25.3 Å². The first-order chi connectivity index (χ1) is 63.7. The third-order valence-electron chi connectivity index (χ3n) is 22.4. The van der Waals surface area contributed by atoms with Gasteiger partial charge in [-0.2, -0.15) is 26.3 Å². The average molecular weight is 1920 g/mol. The number of aryl methyl sites for hydroxylation is 4. The molecule has 742 valence electrons. The quantitative estimate of drug-likeness (QED) is 0.0256. The van der Waals surface area contributed by atoms with E-state index in [1.54, 1.807) is 37.4 Å². The summed E-state index contributed by atoms with van der Waals surface area (Å²) in [6.45, 7) is 46.7. The van der Waals surface area contributed by atoms with Crippen molar-refractivity contribution < 1.29 is 59.8 Å². The third-order valence-corrected chi connectivity index (χ3v) is 22.6. The van der Waals surface area contributed by atoms with Crippen LogP contribution in [-0.2, 0) is 53.0 Å². The molecule has 15 rings (SSSR count). The molecule has 0 atom stereocenters. The van der Waals surface area contributed by atoms with Gasteiger partial charge in [0.2, 0.25) is 71.1 Å². The molecular weight excluding hydrogens is 1790 g/mol. The van der Waals surface area contributed by atoms with Gasteiger partial charge in [0.15, 0.2) is 33.9 Å². The van der Waals surface area contributed by atoms with Gasteiger partial charge in [-0.25, -0.2) is 59.8 Å². The van der Waals surface area contributed by atoms with E-state index in [1.807, 2.05) is 155 Å². The molecule has 3 fully saturated rings. The zero-order chi connectivity index (χ0) is 101. The number of imidazole rings is 6. The van der Waals surface area contributed by atoms with Gasteiger partial charge in [-0.15, -0.1) is 0 Å². The minimum absolute atomic E-state index is 0.0140. The lowest BCUT2D eigenvalue weighted by molar-refractivity contribution is -0.140. The highest BCUT2D eigenvalue weighted by Gasteiger charge is 2.37. The Labute approximate surface area is 801 Å². The second kappa shape index (κ2) is 43.9. The van der Waals surface area contributed by atoms with Crippen LogP contribution >= 0.6 is 11.6 Å². The van der Waals surface area contributed by atoms with Gasteiger partial charge in [-0.1, -0.05) is 129 Å². The van der Waals surface area contributed by atoms with Crippen LogP contribution in [0, 0.1) is 47.8 Å². The highest BCUT2D eigenvalue weighted by atomic mass is 35.5. The number of methoxy groups -OCH3 is 1. The number of anilines is 6. The van der Waals surface area contributed by atoms with E-state index in [2.05, 4.69) is 163 Å². The third kappa shape index (κ3) is 31.1. The second-order valence-electron chi connectivity index (χ2n) is 42.4. The van der Waals surface area contributed by atoms with Gasteiger partial charge in [-0.05, 0) is 225 Å². The summed E-state index contributed by atoms with van der Waals surface area (Å²) < 4.78 is 92.8. The first kappa shape index (κ1) is 107. The molecular formula is C99H135ClF6N24O7. The smallest absolute Gasteiger partial charge is 0.378 e. The Kier molecular flexibility index (Phi) is 34.3. The van der Waals surface area contributed by atoms with Crippen LogP contribution in [0.2, 0.25) is 5.15 Å². The van der Waals surface area contributed by atoms with Crippen molar-refractivity contribution in [2.75, 3.05) is 39.0 Å². The van der Waals surface area contributed by atoms with Crippen molar-refractivity contribution in [3.05, 3.63) is 113 Å². The average Bonchev–Trinajstić information content (AvgIpc) is 1.63. The molecule has 12 aromatic rings. The summed E-state index contributed by atoms with van der Waals surface area (Å²) in [6, 6.07) is 23.1. The molecule has 3 saturated carbocycles. The number of nitrogens with one attached hydrogen (secondary N) is 6. The second-order valence-corrected chi connectivity index (χ2v) is 42.8. The van der Waals surface area contributed by atoms with Crippen LogP contribution < -0.4 is 31.9 Å². The Hall–Kier alpha value is -11.9. The number of aromatic nitrogens is 18. The van der Waals surface area contributed by atoms with Gasteiger partial charge < -0.3 is 4.74 Å². The van der Waals surface area contributed by atoms with Gasteiger partial charge >= 0.3 is 12.4 Å². The predicted molar refractivity (Wildman–Crippen MR) is 527 cm³/mol. The van der Waals surface area contributed by atoms with Crippen molar-refractivity contribution in [1.82, 2.24) is 87.2 Å². The molecule has 3 aliphatic rings. The molecule has 3 aliphatic carbocycles. The number of ether oxygens (including phenoxy) is 1. The van der Waals surface area contributed by atoms with E-state index in [0.717, 1.165) is 116 Å². The van der Waals surface area contributed by atoms with Gasteiger partial charge in [-0.3, -0.25) is 88.1 Å². The molecule has 0 aliphatic heterocycles. The monoisotopic (exact) mass is 1920 g/mol. The maximum Gasteiger partial charge on any atom is 0.406 e. The first-order valence-corrected chi connectivity index (χ1v) is 47.0. The van der Waals surface area contributed by atoms with Gasteiger partial charge in [0.1, 0.15) is 51.3 Å². The number of amides is 6. The molecule has 6 amide bonds. The number of nitrogens with zero attached hydrogens (tertiary/aromatic N) is 18. The molecule has 0 bridgehead atoms. The van der Waals surface area contributed by atoms with Crippen molar-refractivity contribution in [2.45, 2.75) is 324 Å². The summed E-state index contributed by atoms with van der Waals surface area (Å²) in [5.41, 5.74) is 10.3. The van der Waals surface area contributed by atoms with Crippen LogP contribution in [0.25, 0.3) is 73.1 Å². The zero-order valence-electron chi connectivity index (χ0n) is 83.5. The zero-order valence-corrected chi connectivity index (χ0v) is 84.3. The topological polar surface area (TPSA) is 368 Å². The summed E-state index contributed by atoms with van der Waals surface area (Å²) in [4.78, 5) is 126. The van der Waals surface area contributed by atoms with Crippen LogP contribution in [0.3, 0.4) is 0 Å². The number of hydrogen-bond donors (Lipinski definition) is 6. The minimum atomic E-state index is -4.47. The Morgan fingerprint density at radius 2 is 0.715 bits per heavy atom. The molecule has 38 heteroatoms. The SMILES string of the molecule is C=Cc1ccc2nc(NC(=O)CC(C)(C)C)n(CC(F)(F)F)c2n1.CCc1ccc2nc(NC(=O)CC(C)(C)C)n(CC(F)(F)F)c2n1.COC(C)(C)CC(=O)Nc1nc2ccc(Cl)nc2n1C1CCC1.Cc1ccc2nc(NC(=O)CC(C)(C)C)n(C(C)C)c2n1.Cc1ccc2nc(NC(=O)CC(C)(C)C)n(C3CCC3)c2n1.Cc1ccc2nc(NC(=O)CCC(C)(C)C)n(C3CCC3)c2n1. The number of alkyl halides is 6. The lowest BCUT2D eigenvalue weighted by Gasteiger charge is -2.29. The van der Waals surface area contributed by atoms with Crippen molar-refractivity contribution in [1.29, 1.82) is 0 Å². The minimum Gasteiger partial charge on any atom is -0.378 e. The van der Waals surface area contributed by atoms with Gasteiger partial charge in [0.25, 0.3) is 0 Å². The molecule has 0 unspecified atom stereocenters. The standard InChI is InChI=1S/C18H26N4O.C17H24N4O.C16H21ClN4O2.C16H21F3N4O.C16H19F3N4O.C16H24N4O/c1-12-8-9-14-16(19-12)22(13-6-5-7-13)17(20-14)21-15(23)10-11-18(2,3)4;1-11-8-9-13-15(18-11)21(12-6-5-7-12)16(19-13)20-14(22)10-17(2,3)4;1-16(2,23-3)9-13(22)20-15-18-11-7-8-12(17)19-14(11)21(15)10-5-4-6-10;2*1-5-10-6-7-11-13(20-10)23(9-16(17,18)19)14(21-11)22-12(24)8-15(2,3)4;1-10(2)20-14-12(8-7-11(3)17-14)18-15(20)19-13(21)9-16(4,5)6/h8-9,13H,5-7,10-11H2,1-4H3,(H,20,21,23);8-9,12H,5-7,10H2,1-4H3,(H,19,20,22);7-8,10H,4-6,9H2,1-3H3,(H,18,20,22);6-7H,5,8-9H2,1-4H3,(H,21,22,24);5-7H,1,8-9H2,2-4H3,(H,21,22,24);7-8,10H,9H2,1-6H3,(H,18,19,21). The predicted octanol–water partition coefficient (Wildman–Crippen LogP) is 23.3. The Bertz CT molecular complexity index is 6310. The molecule has 12 heterocycles. The van der Waals surface area contributed by atoms with Crippen LogP contribution in [0.1, 0.15) is 294 Å². The molecule has 12 aromatic heterocycles. The van der Waals surface area contributed by atoms with E-state index in [4.69, 9.17) is 16.3 Å². The fraction of sp³-hybridized carbons (Fsp3) is 0.556. The Morgan fingerprint density at radius 3 is 1.07 bits per heavy atom. The van der Waals surface area contributed by atoms with Gasteiger partial charge in [0.05, 0.1) is 17.7 Å². The highest BCUT2D eigenvalue weighted by molar-refractivity contribution is 6.29. The number of fused-ring (bicyclic) bond motifs is 6. The molecule has 0 radical (unpaired) electrons. The van der Waals surface area contributed by atoms with E-state index >= 15 is 0 Å². The number of rotatable bonds is 23. The number of pyridine rings is 6. The summed E-state index contributed by atoms with van der Waals surface area (Å²) in [5, 5.41) is 17.2. The molecule has 0 spiro atoms. The largest absolute Gasteiger partial charge is 0.406 e. The van der Waals surface area contributed by atoms with Crippen LogP contribution in [0.5, 0.6) is 0 Å². The lowest BCUT2D eigenvalue weighted by Crippen LogP contribution is -2.30. The first-order valence-electron chi connectivity index (χ1n) is 46.7.